The summed E-state index contributed by atoms with van der Waals surface area (Å²) >= 11 is 1.84. The quantitative estimate of drug-likeness (QED) is 0.487. The second-order valence-corrected chi connectivity index (χ2v) is 8.82. The van der Waals surface area contributed by atoms with E-state index in [1.807, 2.05) is 30.6 Å². The van der Waals surface area contributed by atoms with Crippen LogP contribution in [-0.2, 0) is 6.54 Å². The number of ether oxygens (including phenoxy) is 1. The van der Waals surface area contributed by atoms with Gasteiger partial charge in [0.25, 0.3) is 0 Å². The molecule has 1 aliphatic heterocycles. The number of thiophene rings is 1. The number of hydrogen-bond donors (Lipinski definition) is 2. The Kier molecular flexibility index (Phi) is 7.00. The third-order valence-corrected chi connectivity index (χ3v) is 6.53. The first-order chi connectivity index (χ1) is 14.3. The maximum atomic E-state index is 5.71. The standard InChI is InChI=1S/C22H31N5OS/c1-23-22(25-14-18-8-9-21(24-13-18)28-16-17-6-7-17)26-15-19(20-5-4-12-29-20)27-10-2-3-11-27/h4-5,8-9,12-13,17,19H,2-3,6-7,10-11,14-16H2,1H3,(H2,23,25,26). The molecule has 0 spiro atoms. The molecule has 1 unspecified atom stereocenters. The van der Waals surface area contributed by atoms with E-state index in [9.17, 15) is 0 Å². The fourth-order valence-electron chi connectivity index (χ4n) is 3.63. The normalized spacial score (nSPS) is 18.6. The summed E-state index contributed by atoms with van der Waals surface area (Å²) in [6, 6.07) is 8.80. The van der Waals surface area contributed by atoms with E-state index in [1.54, 1.807) is 0 Å². The van der Waals surface area contributed by atoms with Gasteiger partial charge in [0.15, 0.2) is 5.96 Å². The topological polar surface area (TPSA) is 61.8 Å². The predicted octanol–water partition coefficient (Wildman–Crippen LogP) is 3.43. The van der Waals surface area contributed by atoms with Crippen molar-refractivity contribution >= 4 is 17.3 Å². The van der Waals surface area contributed by atoms with Gasteiger partial charge in [-0.15, -0.1) is 11.3 Å². The lowest BCUT2D eigenvalue weighted by molar-refractivity contribution is 0.249. The first-order valence-electron chi connectivity index (χ1n) is 10.6. The second-order valence-electron chi connectivity index (χ2n) is 7.84. The maximum absolute atomic E-state index is 5.71. The van der Waals surface area contributed by atoms with E-state index in [1.165, 1.54) is 43.6 Å². The minimum Gasteiger partial charge on any atom is -0.477 e. The zero-order valence-corrected chi connectivity index (χ0v) is 18.0. The highest BCUT2D eigenvalue weighted by atomic mass is 32.1. The second kappa shape index (κ2) is 10.1. The molecule has 1 aliphatic carbocycles. The van der Waals surface area contributed by atoms with Crippen molar-refractivity contribution in [3.05, 3.63) is 46.3 Å². The van der Waals surface area contributed by atoms with Gasteiger partial charge in [-0.25, -0.2) is 4.98 Å². The summed E-state index contributed by atoms with van der Waals surface area (Å²) < 4.78 is 5.71. The molecule has 2 fully saturated rings. The predicted molar refractivity (Wildman–Crippen MR) is 119 cm³/mol. The molecule has 7 heteroatoms. The van der Waals surface area contributed by atoms with Crippen LogP contribution >= 0.6 is 11.3 Å². The van der Waals surface area contributed by atoms with Gasteiger partial charge in [0.05, 0.1) is 12.6 Å². The van der Waals surface area contributed by atoms with Crippen molar-refractivity contribution in [2.75, 3.05) is 33.3 Å². The minimum atomic E-state index is 0.403. The van der Waals surface area contributed by atoms with Crippen molar-refractivity contribution in [2.24, 2.45) is 10.9 Å². The Morgan fingerprint density at radius 2 is 2.14 bits per heavy atom. The SMILES string of the molecule is CN=C(NCc1ccc(OCC2CC2)nc1)NCC(c1cccs1)N1CCCC1. The van der Waals surface area contributed by atoms with Crippen molar-refractivity contribution in [3.8, 4) is 5.88 Å². The van der Waals surface area contributed by atoms with Crippen molar-refractivity contribution in [1.29, 1.82) is 0 Å². The van der Waals surface area contributed by atoms with E-state index in [4.69, 9.17) is 4.74 Å². The van der Waals surface area contributed by atoms with Gasteiger partial charge in [-0.2, -0.15) is 0 Å². The Balaban J connectivity index is 1.26. The highest BCUT2D eigenvalue weighted by Gasteiger charge is 2.24. The van der Waals surface area contributed by atoms with Gasteiger partial charge in [0.2, 0.25) is 5.88 Å². The molecule has 156 valence electrons. The third kappa shape index (κ3) is 5.93. The zero-order valence-electron chi connectivity index (χ0n) is 17.1. The molecule has 2 N–H and O–H groups in total. The number of pyridine rings is 1. The lowest BCUT2D eigenvalue weighted by Crippen LogP contribution is -2.42. The molecule has 2 aromatic heterocycles. The van der Waals surface area contributed by atoms with Gasteiger partial charge in [-0.05, 0) is 61.7 Å². The van der Waals surface area contributed by atoms with Crippen molar-refractivity contribution in [2.45, 2.75) is 38.3 Å². The molecule has 1 saturated heterocycles. The Morgan fingerprint density at radius 1 is 1.28 bits per heavy atom. The number of guanidine groups is 1. The Bertz CT molecular complexity index is 767. The molecule has 0 aromatic carbocycles. The average Bonchev–Trinajstić information content (AvgIpc) is 3.19. The summed E-state index contributed by atoms with van der Waals surface area (Å²) in [4.78, 5) is 12.8. The molecule has 2 aliphatic rings. The van der Waals surface area contributed by atoms with Gasteiger partial charge in [-0.3, -0.25) is 9.89 Å². The smallest absolute Gasteiger partial charge is 0.213 e. The third-order valence-electron chi connectivity index (χ3n) is 5.56. The van der Waals surface area contributed by atoms with Crippen LogP contribution in [0.3, 0.4) is 0 Å². The van der Waals surface area contributed by atoms with E-state index < -0.39 is 0 Å². The van der Waals surface area contributed by atoms with E-state index in [-0.39, 0.29) is 0 Å². The van der Waals surface area contributed by atoms with Crippen molar-refractivity contribution in [3.63, 3.8) is 0 Å². The van der Waals surface area contributed by atoms with Gasteiger partial charge in [0, 0.05) is 37.3 Å². The molecule has 0 radical (unpaired) electrons. The molecule has 29 heavy (non-hydrogen) atoms. The Morgan fingerprint density at radius 3 is 2.79 bits per heavy atom. The molecule has 3 heterocycles. The maximum Gasteiger partial charge on any atom is 0.213 e. The molecular formula is C22H31N5OS. The van der Waals surface area contributed by atoms with Crippen molar-refractivity contribution in [1.82, 2.24) is 20.5 Å². The number of aromatic nitrogens is 1. The van der Waals surface area contributed by atoms with E-state index in [0.717, 1.165) is 30.6 Å². The van der Waals surface area contributed by atoms with Crippen LogP contribution in [0.25, 0.3) is 0 Å². The summed E-state index contributed by atoms with van der Waals surface area (Å²) in [5.74, 6) is 2.28. The average molecular weight is 414 g/mol. The summed E-state index contributed by atoms with van der Waals surface area (Å²) in [5, 5.41) is 9.08. The van der Waals surface area contributed by atoms with E-state index >= 15 is 0 Å². The van der Waals surface area contributed by atoms with Crippen molar-refractivity contribution < 1.29 is 4.74 Å². The van der Waals surface area contributed by atoms with Crippen LogP contribution in [-0.4, -0.2) is 49.1 Å². The summed E-state index contributed by atoms with van der Waals surface area (Å²) in [7, 11) is 1.82. The van der Waals surface area contributed by atoms with Gasteiger partial charge in [-0.1, -0.05) is 12.1 Å². The first kappa shape index (κ1) is 20.2. The number of nitrogens with one attached hydrogen (secondary N) is 2. The van der Waals surface area contributed by atoms with E-state index in [0.29, 0.717) is 18.5 Å². The summed E-state index contributed by atoms with van der Waals surface area (Å²) in [5.41, 5.74) is 1.11. The number of likely N-dealkylation sites (tertiary alicyclic amines) is 1. The highest BCUT2D eigenvalue weighted by Crippen LogP contribution is 2.29. The number of rotatable bonds is 9. The molecular weight excluding hydrogens is 382 g/mol. The fourth-order valence-corrected chi connectivity index (χ4v) is 4.49. The van der Waals surface area contributed by atoms with Crippen LogP contribution in [0.5, 0.6) is 5.88 Å². The molecule has 2 aromatic rings. The van der Waals surface area contributed by atoms with Crippen LogP contribution in [0.1, 0.15) is 42.2 Å². The van der Waals surface area contributed by atoms with Crippen LogP contribution in [0.4, 0.5) is 0 Å². The fraction of sp³-hybridized carbons (Fsp3) is 0.545. The Hall–Kier alpha value is -2.12. The lowest BCUT2D eigenvalue weighted by Gasteiger charge is -2.27. The largest absolute Gasteiger partial charge is 0.477 e. The molecule has 1 saturated carbocycles. The van der Waals surface area contributed by atoms with Crippen LogP contribution < -0.4 is 15.4 Å². The number of hydrogen-bond acceptors (Lipinski definition) is 5. The van der Waals surface area contributed by atoms with Gasteiger partial charge < -0.3 is 15.4 Å². The highest BCUT2D eigenvalue weighted by molar-refractivity contribution is 7.10. The van der Waals surface area contributed by atoms with Crippen LogP contribution in [0.15, 0.2) is 40.8 Å². The lowest BCUT2D eigenvalue weighted by atomic mass is 10.2. The van der Waals surface area contributed by atoms with Gasteiger partial charge in [0.1, 0.15) is 0 Å². The summed E-state index contributed by atoms with van der Waals surface area (Å²) in [6.07, 6.45) is 7.05. The molecule has 0 amide bonds. The first-order valence-corrected chi connectivity index (χ1v) is 11.5. The zero-order chi connectivity index (χ0) is 19.9. The van der Waals surface area contributed by atoms with E-state index in [2.05, 4.69) is 49.1 Å². The number of nitrogens with zero attached hydrogens (tertiary/aromatic N) is 3. The molecule has 4 rings (SSSR count). The van der Waals surface area contributed by atoms with Crippen LogP contribution in [0, 0.1) is 5.92 Å². The minimum absolute atomic E-state index is 0.403. The number of aliphatic imine (C=N–C) groups is 1. The van der Waals surface area contributed by atoms with Crippen LogP contribution in [0.2, 0.25) is 0 Å². The summed E-state index contributed by atoms with van der Waals surface area (Å²) in [6.45, 7) is 4.69. The Labute approximate surface area is 177 Å². The monoisotopic (exact) mass is 413 g/mol. The van der Waals surface area contributed by atoms with Gasteiger partial charge >= 0.3 is 0 Å². The molecule has 6 nitrogen and oxygen atoms in total. The molecule has 0 bridgehead atoms. The molecule has 1 atom stereocenters.